The monoisotopic (exact) mass is 241 g/mol. The molecule has 1 aromatic heterocycles. The van der Waals surface area contributed by atoms with Crippen LogP contribution in [-0.4, -0.2) is 4.98 Å². The summed E-state index contributed by atoms with van der Waals surface area (Å²) in [6, 6.07) is 3.84. The lowest BCUT2D eigenvalue weighted by Crippen LogP contribution is -2.04. The zero-order chi connectivity index (χ0) is 12.5. The minimum absolute atomic E-state index is 0.581. The molecular formula is C13H14F3N. The molecular weight excluding hydrogens is 227 g/mol. The molecule has 1 nitrogen and oxygen atoms in total. The normalized spacial score (nSPS) is 12.2. The van der Waals surface area contributed by atoms with E-state index in [1.807, 2.05) is 0 Å². The molecule has 0 radical (unpaired) electrons. The Morgan fingerprint density at radius 2 is 2.00 bits per heavy atom. The average molecular weight is 241 g/mol. The molecule has 0 aliphatic carbocycles. The molecule has 0 bridgehead atoms. The summed E-state index contributed by atoms with van der Waals surface area (Å²) in [5, 5.41) is 0.688. The summed E-state index contributed by atoms with van der Waals surface area (Å²) in [6.45, 7) is 2.07. The number of fused-ring (bicyclic) bond motifs is 1. The van der Waals surface area contributed by atoms with Crippen molar-refractivity contribution in [2.75, 3.05) is 0 Å². The van der Waals surface area contributed by atoms with E-state index in [9.17, 15) is 13.2 Å². The van der Waals surface area contributed by atoms with E-state index in [2.05, 4.69) is 11.9 Å². The fourth-order valence-electron chi connectivity index (χ4n) is 1.93. The van der Waals surface area contributed by atoms with Gasteiger partial charge in [0.25, 0.3) is 0 Å². The highest BCUT2D eigenvalue weighted by Crippen LogP contribution is 2.32. The Balaban J connectivity index is 2.43. The molecule has 0 saturated heterocycles. The van der Waals surface area contributed by atoms with Crippen LogP contribution in [0.2, 0.25) is 0 Å². The summed E-state index contributed by atoms with van der Waals surface area (Å²) in [5.74, 6) is 0. The zero-order valence-electron chi connectivity index (χ0n) is 9.56. The van der Waals surface area contributed by atoms with E-state index in [1.165, 1.54) is 12.1 Å². The topological polar surface area (TPSA) is 15.8 Å². The minimum Gasteiger partial charge on any atom is -0.361 e. The van der Waals surface area contributed by atoms with Crippen LogP contribution in [0.15, 0.2) is 24.4 Å². The van der Waals surface area contributed by atoms with Crippen LogP contribution < -0.4 is 0 Å². The lowest BCUT2D eigenvalue weighted by Gasteiger charge is -2.06. The summed E-state index contributed by atoms with van der Waals surface area (Å²) in [6.07, 6.45) is 0.376. The number of aryl methyl sites for hydroxylation is 1. The van der Waals surface area contributed by atoms with Crippen LogP contribution in [0.1, 0.15) is 30.9 Å². The van der Waals surface area contributed by atoms with Gasteiger partial charge in [-0.1, -0.05) is 13.3 Å². The Hall–Kier alpha value is -1.45. The molecule has 2 rings (SSSR count). The molecule has 0 aliphatic rings. The Morgan fingerprint density at radius 1 is 1.24 bits per heavy atom. The van der Waals surface area contributed by atoms with Crippen molar-refractivity contribution in [1.82, 2.24) is 4.98 Å². The van der Waals surface area contributed by atoms with Gasteiger partial charge < -0.3 is 4.98 Å². The number of hydrogen-bond acceptors (Lipinski definition) is 0. The fourth-order valence-corrected chi connectivity index (χ4v) is 1.93. The summed E-state index contributed by atoms with van der Waals surface area (Å²) in [5.41, 5.74) is 1.15. The smallest absolute Gasteiger partial charge is 0.361 e. The molecule has 1 heterocycles. The second-order valence-electron chi connectivity index (χ2n) is 4.18. The van der Waals surface area contributed by atoms with Crippen LogP contribution in [0.5, 0.6) is 0 Å². The van der Waals surface area contributed by atoms with Crippen molar-refractivity contribution in [2.45, 2.75) is 32.4 Å². The lowest BCUT2D eigenvalue weighted by atomic mass is 10.1. The maximum absolute atomic E-state index is 12.6. The fraction of sp³-hybridized carbons (Fsp3) is 0.385. The van der Waals surface area contributed by atoms with Crippen molar-refractivity contribution >= 4 is 10.9 Å². The van der Waals surface area contributed by atoms with Crippen LogP contribution >= 0.6 is 0 Å². The standard InChI is InChI=1S/C13H14F3N/c1-2-3-4-9-8-17-12-6-5-10(7-11(9)12)13(14,15)16/h5-8,17H,2-4H2,1H3. The Bertz CT molecular complexity index is 511. The number of alkyl halides is 3. The summed E-state index contributed by atoms with van der Waals surface area (Å²) in [7, 11) is 0. The van der Waals surface area contributed by atoms with Crippen molar-refractivity contribution in [3.8, 4) is 0 Å². The second-order valence-corrected chi connectivity index (χ2v) is 4.18. The van der Waals surface area contributed by atoms with Crippen molar-refractivity contribution in [3.05, 3.63) is 35.5 Å². The number of benzene rings is 1. The van der Waals surface area contributed by atoms with Crippen molar-refractivity contribution < 1.29 is 13.2 Å². The largest absolute Gasteiger partial charge is 0.416 e. The Kier molecular flexibility index (Phi) is 3.13. The number of halogens is 3. The second kappa shape index (κ2) is 4.43. The first-order valence-corrected chi connectivity index (χ1v) is 5.69. The Morgan fingerprint density at radius 3 is 2.65 bits per heavy atom. The van der Waals surface area contributed by atoms with E-state index >= 15 is 0 Å². The van der Waals surface area contributed by atoms with E-state index < -0.39 is 11.7 Å². The van der Waals surface area contributed by atoms with E-state index in [-0.39, 0.29) is 0 Å². The maximum Gasteiger partial charge on any atom is 0.416 e. The number of H-pyrrole nitrogens is 1. The third kappa shape index (κ3) is 2.46. The molecule has 0 fully saturated rings. The number of unbranched alkanes of at least 4 members (excludes halogenated alkanes) is 1. The van der Waals surface area contributed by atoms with Gasteiger partial charge in [-0.2, -0.15) is 13.2 Å². The molecule has 0 saturated carbocycles. The molecule has 0 unspecified atom stereocenters. The molecule has 0 aliphatic heterocycles. The first kappa shape index (κ1) is 12.0. The number of nitrogens with one attached hydrogen (secondary N) is 1. The predicted octanol–water partition coefficient (Wildman–Crippen LogP) is 4.53. The minimum atomic E-state index is -4.27. The van der Waals surface area contributed by atoms with Gasteiger partial charge in [-0.05, 0) is 36.6 Å². The third-order valence-corrected chi connectivity index (χ3v) is 2.89. The molecule has 2 aromatic rings. The quantitative estimate of drug-likeness (QED) is 0.812. The van der Waals surface area contributed by atoms with Crippen molar-refractivity contribution in [2.24, 2.45) is 0 Å². The van der Waals surface area contributed by atoms with Gasteiger partial charge in [0.1, 0.15) is 0 Å². The number of hydrogen-bond donors (Lipinski definition) is 1. The summed E-state index contributed by atoms with van der Waals surface area (Å²) in [4.78, 5) is 3.01. The SMILES string of the molecule is CCCCc1c[nH]c2ccc(C(F)(F)F)cc12. The van der Waals surface area contributed by atoms with Gasteiger partial charge in [0.2, 0.25) is 0 Å². The highest BCUT2D eigenvalue weighted by atomic mass is 19.4. The van der Waals surface area contributed by atoms with Gasteiger partial charge in [-0.15, -0.1) is 0 Å². The number of rotatable bonds is 3. The molecule has 4 heteroatoms. The van der Waals surface area contributed by atoms with Crippen LogP contribution in [0.3, 0.4) is 0 Å². The summed E-state index contributed by atoms with van der Waals surface area (Å²) >= 11 is 0. The van der Waals surface area contributed by atoms with E-state index in [0.717, 1.165) is 36.4 Å². The van der Waals surface area contributed by atoms with E-state index in [1.54, 1.807) is 6.20 Å². The molecule has 1 aromatic carbocycles. The molecule has 0 amide bonds. The van der Waals surface area contributed by atoms with Gasteiger partial charge in [0.15, 0.2) is 0 Å². The maximum atomic E-state index is 12.6. The van der Waals surface area contributed by atoms with E-state index in [0.29, 0.717) is 5.39 Å². The van der Waals surface area contributed by atoms with Crippen LogP contribution in [0.4, 0.5) is 13.2 Å². The third-order valence-electron chi connectivity index (χ3n) is 2.89. The molecule has 17 heavy (non-hydrogen) atoms. The highest BCUT2D eigenvalue weighted by molar-refractivity contribution is 5.84. The highest BCUT2D eigenvalue weighted by Gasteiger charge is 2.30. The van der Waals surface area contributed by atoms with Crippen molar-refractivity contribution in [1.29, 1.82) is 0 Å². The van der Waals surface area contributed by atoms with E-state index in [4.69, 9.17) is 0 Å². The Labute approximate surface area is 97.6 Å². The first-order chi connectivity index (χ1) is 8.02. The van der Waals surface area contributed by atoms with Gasteiger partial charge in [0, 0.05) is 17.1 Å². The molecule has 1 N–H and O–H groups in total. The molecule has 0 spiro atoms. The van der Waals surface area contributed by atoms with Gasteiger partial charge >= 0.3 is 6.18 Å². The average Bonchev–Trinajstić information content (AvgIpc) is 2.67. The van der Waals surface area contributed by atoms with Gasteiger partial charge in [-0.25, -0.2) is 0 Å². The number of aromatic nitrogens is 1. The van der Waals surface area contributed by atoms with Crippen LogP contribution in [-0.2, 0) is 12.6 Å². The lowest BCUT2D eigenvalue weighted by molar-refractivity contribution is -0.137. The van der Waals surface area contributed by atoms with Crippen LogP contribution in [0, 0.1) is 0 Å². The molecule has 0 atom stereocenters. The van der Waals surface area contributed by atoms with Crippen LogP contribution in [0.25, 0.3) is 10.9 Å². The first-order valence-electron chi connectivity index (χ1n) is 5.69. The predicted molar refractivity (Wildman–Crippen MR) is 61.9 cm³/mol. The van der Waals surface area contributed by atoms with Gasteiger partial charge in [0.05, 0.1) is 5.56 Å². The van der Waals surface area contributed by atoms with Crippen molar-refractivity contribution in [3.63, 3.8) is 0 Å². The number of aromatic amines is 1. The zero-order valence-corrected chi connectivity index (χ0v) is 9.56. The summed E-state index contributed by atoms with van der Waals surface area (Å²) < 4.78 is 37.8. The van der Waals surface area contributed by atoms with Gasteiger partial charge in [-0.3, -0.25) is 0 Å². The molecule has 92 valence electrons.